The Morgan fingerprint density at radius 1 is 1.48 bits per heavy atom. The number of aliphatic carboxylic acids is 1. The summed E-state index contributed by atoms with van der Waals surface area (Å²) in [7, 11) is -2.40. The highest BCUT2D eigenvalue weighted by Crippen LogP contribution is 2.40. The second-order valence-corrected chi connectivity index (χ2v) is 8.01. The van der Waals surface area contributed by atoms with Crippen LogP contribution >= 0.6 is 11.6 Å². The molecular formula is C15H16ClN3O5S. The van der Waals surface area contributed by atoms with Gasteiger partial charge in [0.2, 0.25) is 10.0 Å². The van der Waals surface area contributed by atoms with Crippen LogP contribution in [0.25, 0.3) is 5.69 Å². The van der Waals surface area contributed by atoms with E-state index in [1.165, 1.54) is 24.2 Å². The number of ether oxygens (including phenoxy) is 1. The number of nitrogens with zero attached hydrogens (tertiary/aromatic N) is 2. The van der Waals surface area contributed by atoms with Crippen molar-refractivity contribution in [2.45, 2.75) is 29.7 Å². The summed E-state index contributed by atoms with van der Waals surface area (Å²) in [5.74, 6) is -0.562. The number of rotatable bonds is 7. The molecule has 0 amide bonds. The van der Waals surface area contributed by atoms with Crippen LogP contribution in [0.1, 0.15) is 19.3 Å². The Bertz CT molecular complexity index is 921. The van der Waals surface area contributed by atoms with Crippen LogP contribution in [-0.4, -0.2) is 41.9 Å². The second-order valence-electron chi connectivity index (χ2n) is 5.89. The zero-order chi connectivity index (χ0) is 18.2. The van der Waals surface area contributed by atoms with E-state index in [1.807, 2.05) is 0 Å². The summed E-state index contributed by atoms with van der Waals surface area (Å²) in [4.78, 5) is 10.8. The monoisotopic (exact) mass is 385 g/mol. The average Bonchev–Trinajstić information content (AvgIpc) is 3.08. The van der Waals surface area contributed by atoms with Crippen LogP contribution in [0.15, 0.2) is 35.5 Å². The van der Waals surface area contributed by atoms with Gasteiger partial charge in [0, 0.05) is 10.6 Å². The summed E-state index contributed by atoms with van der Waals surface area (Å²) < 4.78 is 34.1. The molecule has 1 saturated carbocycles. The summed E-state index contributed by atoms with van der Waals surface area (Å²) in [5.41, 5.74) is -0.413. The molecule has 0 bridgehead atoms. The Balaban J connectivity index is 1.89. The maximum absolute atomic E-state index is 12.5. The maximum Gasteiger partial charge on any atom is 0.305 e. The van der Waals surface area contributed by atoms with Gasteiger partial charge in [-0.2, -0.15) is 5.10 Å². The van der Waals surface area contributed by atoms with Gasteiger partial charge in [0.25, 0.3) is 0 Å². The molecule has 2 aromatic rings. The number of halogens is 1. The molecule has 10 heteroatoms. The maximum atomic E-state index is 12.5. The van der Waals surface area contributed by atoms with E-state index in [2.05, 4.69) is 9.82 Å². The van der Waals surface area contributed by atoms with E-state index in [0.29, 0.717) is 29.3 Å². The second kappa shape index (κ2) is 6.32. The molecule has 0 aliphatic heterocycles. The number of hydrogen-bond donors (Lipinski definition) is 2. The number of carbonyl (C=O) groups is 1. The normalized spacial score (nSPS) is 15.8. The van der Waals surface area contributed by atoms with Crippen molar-refractivity contribution in [2.24, 2.45) is 0 Å². The summed E-state index contributed by atoms with van der Waals surface area (Å²) >= 11 is 5.98. The van der Waals surface area contributed by atoms with Gasteiger partial charge < -0.3 is 9.84 Å². The van der Waals surface area contributed by atoms with Gasteiger partial charge in [0.05, 0.1) is 25.9 Å². The first-order chi connectivity index (χ1) is 11.7. The fraction of sp³-hybridized carbons (Fsp3) is 0.333. The van der Waals surface area contributed by atoms with Gasteiger partial charge in [0.15, 0.2) is 0 Å². The highest BCUT2D eigenvalue weighted by molar-refractivity contribution is 7.89. The number of benzene rings is 1. The first-order valence-corrected chi connectivity index (χ1v) is 9.25. The van der Waals surface area contributed by atoms with Crippen LogP contribution in [0.4, 0.5) is 0 Å². The summed E-state index contributed by atoms with van der Waals surface area (Å²) in [6.07, 6.45) is 3.26. The molecule has 25 heavy (non-hydrogen) atoms. The minimum absolute atomic E-state index is 0.0637. The molecule has 1 aromatic carbocycles. The van der Waals surface area contributed by atoms with Crippen LogP contribution in [0.2, 0.25) is 5.02 Å². The summed E-state index contributed by atoms with van der Waals surface area (Å²) in [6, 6.07) is 4.90. The first kappa shape index (κ1) is 17.7. The number of hydrogen-bond acceptors (Lipinski definition) is 5. The quantitative estimate of drug-likeness (QED) is 0.752. The van der Waals surface area contributed by atoms with Crippen molar-refractivity contribution in [3.8, 4) is 11.4 Å². The van der Waals surface area contributed by atoms with E-state index in [4.69, 9.17) is 21.4 Å². The lowest BCUT2D eigenvalue weighted by Gasteiger charge is -2.14. The van der Waals surface area contributed by atoms with Crippen LogP contribution in [0.5, 0.6) is 5.75 Å². The molecule has 1 aliphatic carbocycles. The fourth-order valence-corrected chi connectivity index (χ4v) is 4.07. The lowest BCUT2D eigenvalue weighted by molar-refractivity contribution is -0.137. The zero-order valence-corrected chi connectivity index (χ0v) is 14.8. The number of carboxylic acid groups (broad SMARTS) is 1. The molecule has 3 rings (SSSR count). The molecule has 8 nitrogen and oxygen atoms in total. The van der Waals surface area contributed by atoms with E-state index < -0.39 is 21.5 Å². The molecule has 0 radical (unpaired) electrons. The number of nitrogens with one attached hydrogen (secondary N) is 1. The first-order valence-electron chi connectivity index (χ1n) is 7.39. The molecule has 1 fully saturated rings. The van der Waals surface area contributed by atoms with Crippen molar-refractivity contribution in [1.82, 2.24) is 14.5 Å². The van der Waals surface area contributed by atoms with E-state index in [9.17, 15) is 13.2 Å². The van der Waals surface area contributed by atoms with Crippen molar-refractivity contribution >= 4 is 27.6 Å². The molecule has 134 valence electrons. The Hall–Kier alpha value is -2.10. The number of sulfonamides is 1. The van der Waals surface area contributed by atoms with Crippen LogP contribution < -0.4 is 9.46 Å². The van der Waals surface area contributed by atoms with Gasteiger partial charge in [-0.3, -0.25) is 4.79 Å². The van der Waals surface area contributed by atoms with Crippen molar-refractivity contribution in [3.63, 3.8) is 0 Å². The Kier molecular flexibility index (Phi) is 4.48. The summed E-state index contributed by atoms with van der Waals surface area (Å²) in [5, 5.41) is 13.4. The molecule has 1 heterocycles. The molecule has 0 atom stereocenters. The number of carboxylic acids is 1. The number of methoxy groups -OCH3 is 1. The standard InChI is InChI=1S/C15H16ClN3O5S/c1-24-13-3-2-10(16)6-12(13)19-9-11(8-17-19)25(22,23)18-15(4-5-15)7-14(20)21/h2-3,6,8-9,18H,4-5,7H2,1H3,(H,20,21). The van der Waals surface area contributed by atoms with Gasteiger partial charge >= 0.3 is 5.97 Å². The van der Waals surface area contributed by atoms with Crippen LogP contribution in [-0.2, 0) is 14.8 Å². The molecule has 0 unspecified atom stereocenters. The highest BCUT2D eigenvalue weighted by Gasteiger charge is 2.47. The van der Waals surface area contributed by atoms with Crippen molar-refractivity contribution in [1.29, 1.82) is 0 Å². The van der Waals surface area contributed by atoms with Gasteiger partial charge in [0.1, 0.15) is 16.3 Å². The third kappa shape index (κ3) is 3.78. The Labute approximate surface area is 149 Å². The molecular weight excluding hydrogens is 370 g/mol. The third-order valence-electron chi connectivity index (χ3n) is 3.95. The Morgan fingerprint density at radius 2 is 2.20 bits per heavy atom. The molecule has 1 aliphatic rings. The van der Waals surface area contributed by atoms with Crippen molar-refractivity contribution in [2.75, 3.05) is 7.11 Å². The van der Waals surface area contributed by atoms with Crippen LogP contribution in [0, 0.1) is 0 Å². The van der Waals surface area contributed by atoms with Crippen LogP contribution in [0.3, 0.4) is 0 Å². The Morgan fingerprint density at radius 3 is 2.80 bits per heavy atom. The number of aromatic nitrogens is 2. The lowest BCUT2D eigenvalue weighted by Crippen LogP contribution is -2.38. The molecule has 0 saturated heterocycles. The van der Waals surface area contributed by atoms with E-state index >= 15 is 0 Å². The largest absolute Gasteiger partial charge is 0.494 e. The highest BCUT2D eigenvalue weighted by atomic mass is 35.5. The van der Waals surface area contributed by atoms with Gasteiger partial charge in [-0.25, -0.2) is 17.8 Å². The smallest absolute Gasteiger partial charge is 0.305 e. The van der Waals surface area contributed by atoms with Gasteiger partial charge in [-0.15, -0.1) is 0 Å². The SMILES string of the molecule is COc1ccc(Cl)cc1-n1cc(S(=O)(=O)NC2(CC(=O)O)CC2)cn1. The van der Waals surface area contributed by atoms with Crippen molar-refractivity contribution < 1.29 is 23.1 Å². The predicted octanol–water partition coefficient (Wildman–Crippen LogP) is 1.82. The predicted molar refractivity (Wildman–Crippen MR) is 89.7 cm³/mol. The van der Waals surface area contributed by atoms with E-state index in [1.54, 1.807) is 18.2 Å². The topological polar surface area (TPSA) is 111 Å². The summed E-state index contributed by atoms with van der Waals surface area (Å²) in [6.45, 7) is 0. The molecule has 1 aromatic heterocycles. The lowest BCUT2D eigenvalue weighted by atomic mass is 10.2. The van der Waals surface area contributed by atoms with Gasteiger partial charge in [-0.05, 0) is 31.0 Å². The van der Waals surface area contributed by atoms with E-state index in [-0.39, 0.29) is 11.3 Å². The molecule has 2 N–H and O–H groups in total. The minimum Gasteiger partial charge on any atom is -0.494 e. The van der Waals surface area contributed by atoms with Crippen molar-refractivity contribution in [3.05, 3.63) is 35.6 Å². The molecule has 0 spiro atoms. The minimum atomic E-state index is -3.89. The zero-order valence-electron chi connectivity index (χ0n) is 13.3. The van der Waals surface area contributed by atoms with Gasteiger partial charge in [-0.1, -0.05) is 11.6 Å². The fourth-order valence-electron chi connectivity index (χ4n) is 2.52. The average molecular weight is 386 g/mol. The third-order valence-corrected chi connectivity index (χ3v) is 5.72. The van der Waals surface area contributed by atoms with E-state index in [0.717, 1.165) is 0 Å².